The molecule has 4 aromatic rings. The molecule has 0 atom stereocenters. The molecule has 0 saturated heterocycles. The summed E-state index contributed by atoms with van der Waals surface area (Å²) in [7, 11) is -3.68. The van der Waals surface area contributed by atoms with Crippen molar-refractivity contribution in [3.05, 3.63) is 109 Å². The second kappa shape index (κ2) is 8.91. The van der Waals surface area contributed by atoms with Crippen molar-refractivity contribution in [1.82, 2.24) is 0 Å². The van der Waals surface area contributed by atoms with E-state index in [1.165, 1.54) is 23.5 Å². The highest BCUT2D eigenvalue weighted by Crippen LogP contribution is 2.39. The summed E-state index contributed by atoms with van der Waals surface area (Å²) in [4.78, 5) is 4.10. The average molecular weight is 435 g/mol. The summed E-state index contributed by atoms with van der Waals surface area (Å²) in [6, 6.07) is 34.0. The molecule has 0 unspecified atom stereocenters. The maximum atomic E-state index is 13.6. The van der Waals surface area contributed by atoms with E-state index in [-0.39, 0.29) is 0 Å². The summed E-state index contributed by atoms with van der Waals surface area (Å²) in [5.41, 5.74) is 0. The van der Waals surface area contributed by atoms with Crippen LogP contribution in [-0.2, 0) is 9.84 Å². The lowest BCUT2D eigenvalue weighted by Gasteiger charge is -2.13. The van der Waals surface area contributed by atoms with E-state index < -0.39 is 9.84 Å². The largest absolute Gasteiger partial charge is 0.218 e. The predicted molar refractivity (Wildman–Crippen MR) is 119 cm³/mol. The molecular weight excluding hydrogens is 416 g/mol. The van der Waals surface area contributed by atoms with Crippen LogP contribution in [0.25, 0.3) is 0 Å². The molecule has 5 heteroatoms. The fraction of sp³-hybridized carbons (Fsp3) is 0. The van der Waals surface area contributed by atoms with Gasteiger partial charge in [0.1, 0.15) is 0 Å². The van der Waals surface area contributed by atoms with Gasteiger partial charge in [-0.1, -0.05) is 84.2 Å². The monoisotopic (exact) mass is 434 g/mol. The van der Waals surface area contributed by atoms with Crippen LogP contribution in [0.3, 0.4) is 0 Å². The van der Waals surface area contributed by atoms with Crippen molar-refractivity contribution < 1.29 is 8.42 Å². The molecule has 4 aromatic carbocycles. The van der Waals surface area contributed by atoms with Crippen LogP contribution in [0.5, 0.6) is 0 Å². The maximum absolute atomic E-state index is 13.6. The lowest BCUT2D eigenvalue weighted by molar-refractivity contribution is 0.592. The van der Waals surface area contributed by atoms with Gasteiger partial charge in [-0.15, -0.1) is 0 Å². The zero-order chi connectivity index (χ0) is 20.1. The Bertz CT molecular complexity index is 1110. The van der Waals surface area contributed by atoms with Gasteiger partial charge in [0.2, 0.25) is 9.84 Å². The van der Waals surface area contributed by atoms with Crippen LogP contribution < -0.4 is 0 Å². The molecule has 0 spiro atoms. The lowest BCUT2D eigenvalue weighted by Crippen LogP contribution is -2.05. The Labute approximate surface area is 179 Å². The second-order valence-corrected chi connectivity index (χ2v) is 10.3. The third kappa shape index (κ3) is 4.58. The molecule has 0 saturated carbocycles. The van der Waals surface area contributed by atoms with Crippen LogP contribution in [0.2, 0.25) is 0 Å². The smallest absolute Gasteiger partial charge is 0.208 e. The summed E-state index contributed by atoms with van der Waals surface area (Å²) in [5, 5.41) is 0. The molecule has 0 amide bonds. The van der Waals surface area contributed by atoms with Crippen LogP contribution in [0, 0.1) is 0 Å². The number of hydrogen-bond acceptors (Lipinski definition) is 4. The van der Waals surface area contributed by atoms with Crippen LogP contribution in [-0.4, -0.2) is 8.42 Å². The van der Waals surface area contributed by atoms with E-state index in [0.717, 1.165) is 19.6 Å². The fourth-order valence-corrected chi connectivity index (χ4v) is 6.91. The van der Waals surface area contributed by atoms with Crippen LogP contribution in [0.15, 0.2) is 139 Å². The van der Waals surface area contributed by atoms with Gasteiger partial charge in [-0.3, -0.25) is 0 Å². The molecule has 29 heavy (non-hydrogen) atoms. The van der Waals surface area contributed by atoms with E-state index in [1.807, 2.05) is 84.9 Å². The number of hydrogen-bond donors (Lipinski definition) is 0. The van der Waals surface area contributed by atoms with Crippen molar-refractivity contribution >= 4 is 33.4 Å². The summed E-state index contributed by atoms with van der Waals surface area (Å²) in [6.45, 7) is 0. The molecular formula is C24H18O2S3. The summed E-state index contributed by atoms with van der Waals surface area (Å²) in [5.74, 6) is 0. The quantitative estimate of drug-likeness (QED) is 0.333. The van der Waals surface area contributed by atoms with Crippen molar-refractivity contribution in [2.75, 3.05) is 0 Å². The van der Waals surface area contributed by atoms with Crippen molar-refractivity contribution in [3.63, 3.8) is 0 Å². The van der Waals surface area contributed by atoms with Crippen LogP contribution >= 0.6 is 23.5 Å². The zero-order valence-electron chi connectivity index (χ0n) is 15.4. The first-order valence-electron chi connectivity index (χ1n) is 9.03. The van der Waals surface area contributed by atoms with Crippen LogP contribution in [0.1, 0.15) is 0 Å². The van der Waals surface area contributed by atoms with Gasteiger partial charge >= 0.3 is 0 Å². The normalized spacial score (nSPS) is 11.3. The first kappa shape index (κ1) is 19.8. The lowest BCUT2D eigenvalue weighted by atomic mass is 10.4. The van der Waals surface area contributed by atoms with Gasteiger partial charge in [-0.05, 0) is 48.5 Å². The highest BCUT2D eigenvalue weighted by Gasteiger charge is 2.24. The fourth-order valence-electron chi connectivity index (χ4n) is 2.86. The first-order valence-corrected chi connectivity index (χ1v) is 12.2. The highest BCUT2D eigenvalue weighted by molar-refractivity contribution is 8.01. The minimum absolute atomic E-state index is 0.329. The van der Waals surface area contributed by atoms with Crippen molar-refractivity contribution in [1.29, 1.82) is 0 Å². The van der Waals surface area contributed by atoms with Gasteiger partial charge < -0.3 is 0 Å². The molecule has 4 rings (SSSR count). The third-order valence-corrected chi connectivity index (χ3v) is 8.52. The Morgan fingerprint density at radius 3 is 1.21 bits per heavy atom. The molecule has 0 aliphatic rings. The van der Waals surface area contributed by atoms with E-state index in [0.29, 0.717) is 9.79 Å². The molecule has 144 valence electrons. The van der Waals surface area contributed by atoms with Crippen molar-refractivity contribution in [2.45, 2.75) is 29.4 Å². The SMILES string of the molecule is O=S(=O)(c1ccccc1Sc1ccccc1)c1ccccc1Sc1ccccc1. The molecule has 0 fully saturated rings. The minimum atomic E-state index is -3.68. The molecule has 0 aliphatic carbocycles. The van der Waals surface area contributed by atoms with Gasteiger partial charge in [-0.2, -0.15) is 0 Å². The summed E-state index contributed by atoms with van der Waals surface area (Å²) >= 11 is 2.92. The maximum Gasteiger partial charge on any atom is 0.208 e. The van der Waals surface area contributed by atoms with Gasteiger partial charge in [0, 0.05) is 19.6 Å². The molecule has 0 aliphatic heterocycles. The van der Waals surface area contributed by atoms with Crippen molar-refractivity contribution in [3.8, 4) is 0 Å². The number of rotatable bonds is 6. The Balaban J connectivity index is 1.75. The molecule has 0 heterocycles. The standard InChI is InChI=1S/C24H18O2S3/c25-29(26,23-17-9-7-15-21(23)27-19-11-3-1-4-12-19)24-18-10-8-16-22(24)28-20-13-5-2-6-14-20/h1-18H. The van der Waals surface area contributed by atoms with Gasteiger partial charge in [0.25, 0.3) is 0 Å². The second-order valence-electron chi connectivity index (χ2n) is 6.23. The number of benzene rings is 4. The molecule has 2 nitrogen and oxygen atoms in total. The Morgan fingerprint density at radius 2 is 0.793 bits per heavy atom. The Morgan fingerprint density at radius 1 is 0.448 bits per heavy atom. The van der Waals surface area contributed by atoms with E-state index in [9.17, 15) is 8.42 Å². The van der Waals surface area contributed by atoms with Gasteiger partial charge in [-0.25, -0.2) is 8.42 Å². The van der Waals surface area contributed by atoms with Gasteiger partial charge in [0.15, 0.2) is 0 Å². The third-order valence-electron chi connectivity index (χ3n) is 4.22. The minimum Gasteiger partial charge on any atom is -0.218 e. The Hall–Kier alpha value is -2.47. The van der Waals surface area contributed by atoms with Crippen molar-refractivity contribution in [2.24, 2.45) is 0 Å². The number of sulfone groups is 1. The van der Waals surface area contributed by atoms with E-state index in [2.05, 4.69) is 0 Å². The average Bonchev–Trinajstić information content (AvgIpc) is 2.76. The van der Waals surface area contributed by atoms with E-state index in [1.54, 1.807) is 24.3 Å². The predicted octanol–water partition coefficient (Wildman–Crippen LogP) is 6.82. The first-order chi connectivity index (χ1) is 14.1. The molecule has 0 bridgehead atoms. The highest BCUT2D eigenvalue weighted by atomic mass is 32.2. The van der Waals surface area contributed by atoms with Gasteiger partial charge in [0.05, 0.1) is 9.79 Å². The Kier molecular flexibility index (Phi) is 6.09. The van der Waals surface area contributed by atoms with E-state index >= 15 is 0 Å². The molecule has 0 N–H and O–H groups in total. The van der Waals surface area contributed by atoms with E-state index in [4.69, 9.17) is 0 Å². The zero-order valence-corrected chi connectivity index (χ0v) is 17.9. The molecule has 0 aromatic heterocycles. The summed E-state index contributed by atoms with van der Waals surface area (Å²) < 4.78 is 27.3. The summed E-state index contributed by atoms with van der Waals surface area (Å²) in [6.07, 6.45) is 0. The molecule has 0 radical (unpaired) electrons. The van der Waals surface area contributed by atoms with Crippen LogP contribution in [0.4, 0.5) is 0 Å². The topological polar surface area (TPSA) is 34.1 Å².